The molecule has 23 heavy (non-hydrogen) atoms. The van der Waals surface area contributed by atoms with Crippen LogP contribution in [0.3, 0.4) is 0 Å². The Hall–Kier alpha value is -2.56. The summed E-state index contributed by atoms with van der Waals surface area (Å²) in [5.41, 5.74) is 0.254. The molecule has 1 saturated carbocycles. The Bertz CT molecular complexity index is 748. The molecular weight excluding hydrogens is 294 g/mol. The van der Waals surface area contributed by atoms with E-state index in [1.165, 1.54) is 0 Å². The Balaban J connectivity index is 1.72. The lowest BCUT2D eigenvalue weighted by Gasteiger charge is -2.27. The number of amides is 1. The van der Waals surface area contributed by atoms with Gasteiger partial charge in [-0.05, 0) is 37.1 Å². The van der Waals surface area contributed by atoms with Crippen molar-refractivity contribution in [3.8, 4) is 5.75 Å². The first kappa shape index (κ1) is 15.3. The van der Waals surface area contributed by atoms with Gasteiger partial charge in [0, 0.05) is 11.4 Å². The lowest BCUT2D eigenvalue weighted by molar-refractivity contribution is -0.142. The lowest BCUT2D eigenvalue weighted by Crippen LogP contribution is -2.38. The third kappa shape index (κ3) is 3.13. The topological polar surface area (TPSA) is 86.6 Å². The van der Waals surface area contributed by atoms with Gasteiger partial charge in [0.2, 0.25) is 0 Å². The summed E-state index contributed by atoms with van der Waals surface area (Å²) in [6.45, 7) is 0. The van der Waals surface area contributed by atoms with Gasteiger partial charge in [-0.15, -0.1) is 0 Å². The molecule has 0 radical (unpaired) electrons. The standard InChI is InChI=1S/C18H19NO4/c20-16-14-4-2-1-3-11(14)7-10-15(16)17(21)19-13-8-5-12(6-9-13)18(22)23/h1-4,7,10,12-13,20H,5-6,8-9H2,(H,19,21)(H,22,23). The van der Waals surface area contributed by atoms with Crippen molar-refractivity contribution in [3.05, 3.63) is 42.0 Å². The highest BCUT2D eigenvalue weighted by molar-refractivity contribution is 6.03. The molecule has 1 fully saturated rings. The van der Waals surface area contributed by atoms with Crippen LogP contribution in [0.5, 0.6) is 5.75 Å². The number of benzene rings is 2. The number of carboxylic acids is 1. The molecule has 5 nitrogen and oxygen atoms in total. The summed E-state index contributed by atoms with van der Waals surface area (Å²) in [5.74, 6) is -1.40. The van der Waals surface area contributed by atoms with Crippen molar-refractivity contribution in [1.82, 2.24) is 5.32 Å². The van der Waals surface area contributed by atoms with E-state index in [1.807, 2.05) is 24.3 Å². The molecule has 0 heterocycles. The van der Waals surface area contributed by atoms with Gasteiger partial charge in [0.05, 0.1) is 11.5 Å². The van der Waals surface area contributed by atoms with Gasteiger partial charge in [0.15, 0.2) is 0 Å². The quantitative estimate of drug-likeness (QED) is 0.813. The molecule has 2 aromatic carbocycles. The van der Waals surface area contributed by atoms with Gasteiger partial charge >= 0.3 is 5.97 Å². The van der Waals surface area contributed by atoms with E-state index in [2.05, 4.69) is 5.32 Å². The number of phenolic OH excluding ortho intramolecular Hbond substituents is 1. The summed E-state index contributed by atoms with van der Waals surface area (Å²) in [7, 11) is 0. The number of hydrogen-bond donors (Lipinski definition) is 3. The highest BCUT2D eigenvalue weighted by Gasteiger charge is 2.27. The number of carbonyl (C=O) groups excluding carboxylic acids is 1. The maximum Gasteiger partial charge on any atom is 0.306 e. The van der Waals surface area contributed by atoms with Crippen LogP contribution in [0, 0.1) is 5.92 Å². The van der Waals surface area contributed by atoms with Gasteiger partial charge in [-0.1, -0.05) is 30.3 Å². The third-order valence-electron chi connectivity index (χ3n) is 4.56. The summed E-state index contributed by atoms with van der Waals surface area (Å²) in [4.78, 5) is 23.4. The second-order valence-electron chi connectivity index (χ2n) is 6.04. The molecule has 0 atom stereocenters. The van der Waals surface area contributed by atoms with E-state index in [4.69, 9.17) is 5.11 Å². The predicted molar refractivity (Wildman–Crippen MR) is 86.5 cm³/mol. The van der Waals surface area contributed by atoms with Crippen LogP contribution in [0.4, 0.5) is 0 Å². The first-order valence-corrected chi connectivity index (χ1v) is 7.80. The first-order chi connectivity index (χ1) is 11.1. The molecule has 1 amide bonds. The number of aromatic hydroxyl groups is 1. The van der Waals surface area contributed by atoms with Crippen LogP contribution in [0.2, 0.25) is 0 Å². The maximum atomic E-state index is 12.4. The fourth-order valence-corrected chi connectivity index (χ4v) is 3.19. The van der Waals surface area contributed by atoms with Crippen LogP contribution in [0.25, 0.3) is 10.8 Å². The third-order valence-corrected chi connectivity index (χ3v) is 4.56. The van der Waals surface area contributed by atoms with E-state index in [0.717, 1.165) is 5.39 Å². The van der Waals surface area contributed by atoms with Crippen molar-refractivity contribution in [2.45, 2.75) is 31.7 Å². The zero-order valence-electron chi connectivity index (χ0n) is 12.7. The molecule has 0 unspecified atom stereocenters. The van der Waals surface area contributed by atoms with Crippen LogP contribution in [-0.4, -0.2) is 28.1 Å². The molecule has 1 aliphatic rings. The minimum Gasteiger partial charge on any atom is -0.506 e. The molecule has 0 aliphatic heterocycles. The number of rotatable bonds is 3. The van der Waals surface area contributed by atoms with Crippen LogP contribution in [0.15, 0.2) is 36.4 Å². The number of phenols is 1. The highest BCUT2D eigenvalue weighted by Crippen LogP contribution is 2.29. The van der Waals surface area contributed by atoms with E-state index in [9.17, 15) is 14.7 Å². The zero-order chi connectivity index (χ0) is 16.4. The molecule has 0 spiro atoms. The monoisotopic (exact) mass is 313 g/mol. The van der Waals surface area contributed by atoms with E-state index in [1.54, 1.807) is 12.1 Å². The lowest BCUT2D eigenvalue weighted by atomic mass is 9.86. The minimum absolute atomic E-state index is 0.0141. The van der Waals surface area contributed by atoms with Crippen molar-refractivity contribution in [2.75, 3.05) is 0 Å². The second-order valence-corrected chi connectivity index (χ2v) is 6.04. The zero-order valence-corrected chi connectivity index (χ0v) is 12.7. The van der Waals surface area contributed by atoms with E-state index >= 15 is 0 Å². The fraction of sp³-hybridized carbons (Fsp3) is 0.333. The van der Waals surface area contributed by atoms with Crippen LogP contribution in [0.1, 0.15) is 36.0 Å². The van der Waals surface area contributed by atoms with Crippen molar-refractivity contribution < 1.29 is 19.8 Å². The average Bonchev–Trinajstić information content (AvgIpc) is 2.56. The summed E-state index contributed by atoms with van der Waals surface area (Å²) in [6, 6.07) is 10.7. The van der Waals surface area contributed by atoms with Crippen LogP contribution >= 0.6 is 0 Å². The number of aliphatic carboxylic acids is 1. The molecule has 3 N–H and O–H groups in total. The SMILES string of the molecule is O=C(NC1CCC(C(=O)O)CC1)c1ccc2ccccc2c1O. The van der Waals surface area contributed by atoms with Gasteiger partial charge < -0.3 is 15.5 Å². The van der Waals surface area contributed by atoms with Crippen molar-refractivity contribution in [3.63, 3.8) is 0 Å². The predicted octanol–water partition coefficient (Wildman–Crippen LogP) is 2.92. The van der Waals surface area contributed by atoms with Crippen LogP contribution in [-0.2, 0) is 4.79 Å². The van der Waals surface area contributed by atoms with Gasteiger partial charge in [-0.2, -0.15) is 0 Å². The summed E-state index contributed by atoms with van der Waals surface area (Å²) in [5, 5.41) is 23.8. The van der Waals surface area contributed by atoms with Crippen molar-refractivity contribution >= 4 is 22.6 Å². The highest BCUT2D eigenvalue weighted by atomic mass is 16.4. The molecule has 1 aliphatic carbocycles. The van der Waals surface area contributed by atoms with E-state index in [0.29, 0.717) is 31.1 Å². The van der Waals surface area contributed by atoms with Gasteiger partial charge in [0.25, 0.3) is 5.91 Å². The Morgan fingerprint density at radius 2 is 1.70 bits per heavy atom. The number of carbonyl (C=O) groups is 2. The molecule has 0 saturated heterocycles. The minimum atomic E-state index is -0.762. The number of hydrogen-bond acceptors (Lipinski definition) is 3. The van der Waals surface area contributed by atoms with Crippen LogP contribution < -0.4 is 5.32 Å². The first-order valence-electron chi connectivity index (χ1n) is 7.80. The van der Waals surface area contributed by atoms with Gasteiger partial charge in [0.1, 0.15) is 5.75 Å². The van der Waals surface area contributed by atoms with E-state index < -0.39 is 5.97 Å². The van der Waals surface area contributed by atoms with Gasteiger partial charge in [-0.25, -0.2) is 0 Å². The van der Waals surface area contributed by atoms with Gasteiger partial charge in [-0.3, -0.25) is 9.59 Å². The second kappa shape index (κ2) is 6.28. The Labute approximate surface area is 133 Å². The Morgan fingerprint density at radius 3 is 2.39 bits per heavy atom. The Morgan fingerprint density at radius 1 is 1.00 bits per heavy atom. The smallest absolute Gasteiger partial charge is 0.306 e. The normalized spacial score (nSPS) is 21.0. The summed E-state index contributed by atoms with van der Waals surface area (Å²) < 4.78 is 0. The number of nitrogens with one attached hydrogen (secondary N) is 1. The number of fused-ring (bicyclic) bond motifs is 1. The molecule has 3 rings (SSSR count). The summed E-state index contributed by atoms with van der Waals surface area (Å²) in [6.07, 6.45) is 2.45. The molecule has 0 bridgehead atoms. The van der Waals surface area contributed by atoms with Crippen molar-refractivity contribution in [2.24, 2.45) is 5.92 Å². The number of carboxylic acid groups (broad SMARTS) is 1. The largest absolute Gasteiger partial charge is 0.506 e. The molecular formula is C18H19NO4. The Kier molecular flexibility index (Phi) is 4.19. The maximum absolute atomic E-state index is 12.4. The van der Waals surface area contributed by atoms with E-state index in [-0.39, 0.29) is 29.2 Å². The average molecular weight is 313 g/mol. The molecule has 0 aromatic heterocycles. The molecule has 2 aromatic rings. The van der Waals surface area contributed by atoms with Crippen molar-refractivity contribution in [1.29, 1.82) is 0 Å². The molecule has 120 valence electrons. The summed E-state index contributed by atoms with van der Waals surface area (Å²) >= 11 is 0. The fourth-order valence-electron chi connectivity index (χ4n) is 3.19. The molecule has 5 heteroatoms.